The molecule has 3 heterocycles. The molecular weight excluding hydrogens is 344 g/mol. The number of ether oxygens (including phenoxy) is 2. The van der Waals surface area contributed by atoms with Gasteiger partial charge in [0.25, 0.3) is 11.8 Å². The Morgan fingerprint density at radius 2 is 1.78 bits per heavy atom. The van der Waals surface area contributed by atoms with Gasteiger partial charge < -0.3 is 14.4 Å². The molecule has 0 aromatic heterocycles. The van der Waals surface area contributed by atoms with Crippen molar-refractivity contribution in [3.8, 4) is 5.75 Å². The molecule has 144 valence electrons. The van der Waals surface area contributed by atoms with Crippen molar-refractivity contribution in [2.24, 2.45) is 0 Å². The first kappa shape index (κ1) is 18.0. The van der Waals surface area contributed by atoms with Gasteiger partial charge in [-0.25, -0.2) is 0 Å². The molecule has 1 aromatic carbocycles. The maximum Gasteiger partial charge on any atom is 0.277 e. The van der Waals surface area contributed by atoms with Crippen molar-refractivity contribution in [2.45, 2.75) is 38.2 Å². The van der Waals surface area contributed by atoms with Crippen LogP contribution in [0.5, 0.6) is 5.75 Å². The smallest absolute Gasteiger partial charge is 0.277 e. The molecule has 0 N–H and O–H groups in total. The van der Waals surface area contributed by atoms with E-state index in [0.717, 1.165) is 50.1 Å². The molecule has 2 fully saturated rings. The van der Waals surface area contributed by atoms with Crippen LogP contribution < -0.4 is 4.74 Å². The number of likely N-dealkylation sites (tertiary alicyclic amines) is 1. The van der Waals surface area contributed by atoms with Gasteiger partial charge in [-0.15, -0.1) is 0 Å². The van der Waals surface area contributed by atoms with Gasteiger partial charge in [0.05, 0.1) is 25.3 Å². The predicted octanol–water partition coefficient (Wildman–Crippen LogP) is 2.44. The van der Waals surface area contributed by atoms with Crippen LogP contribution >= 0.6 is 0 Å². The molecule has 0 saturated carbocycles. The summed E-state index contributed by atoms with van der Waals surface area (Å²) in [7, 11) is 1.61. The Hall–Kier alpha value is -2.34. The molecule has 6 nitrogen and oxygen atoms in total. The second kappa shape index (κ2) is 7.72. The number of piperidine rings is 1. The Labute approximate surface area is 159 Å². The summed E-state index contributed by atoms with van der Waals surface area (Å²) in [5.41, 5.74) is 1.84. The van der Waals surface area contributed by atoms with Gasteiger partial charge in [-0.05, 0) is 49.8 Å². The summed E-state index contributed by atoms with van der Waals surface area (Å²) in [4.78, 5) is 30.0. The van der Waals surface area contributed by atoms with Crippen LogP contribution in [0.2, 0.25) is 0 Å². The van der Waals surface area contributed by atoms with Crippen LogP contribution in [-0.4, -0.2) is 61.1 Å². The number of hydrogen-bond acceptors (Lipinski definition) is 5. The number of hydrogen-bond donors (Lipinski definition) is 0. The van der Waals surface area contributed by atoms with E-state index in [4.69, 9.17) is 9.47 Å². The van der Waals surface area contributed by atoms with Gasteiger partial charge in [-0.3, -0.25) is 14.5 Å². The number of benzene rings is 1. The van der Waals surface area contributed by atoms with E-state index in [9.17, 15) is 9.59 Å². The molecule has 3 aliphatic rings. The largest absolute Gasteiger partial charge is 0.497 e. The van der Waals surface area contributed by atoms with Crippen molar-refractivity contribution >= 4 is 17.4 Å². The highest BCUT2D eigenvalue weighted by atomic mass is 16.5. The first-order chi connectivity index (χ1) is 13.2. The monoisotopic (exact) mass is 370 g/mol. The molecule has 2 amide bonds. The molecule has 4 rings (SSSR count). The van der Waals surface area contributed by atoms with Crippen LogP contribution in [0.1, 0.15) is 37.7 Å². The second-order valence-electron chi connectivity index (χ2n) is 7.36. The van der Waals surface area contributed by atoms with Crippen LogP contribution in [-0.2, 0) is 14.3 Å². The summed E-state index contributed by atoms with van der Waals surface area (Å²) in [5, 5.41) is 0. The Balaban J connectivity index is 1.69. The van der Waals surface area contributed by atoms with E-state index in [1.54, 1.807) is 7.11 Å². The second-order valence-corrected chi connectivity index (χ2v) is 7.36. The first-order valence-electron chi connectivity index (χ1n) is 9.80. The summed E-state index contributed by atoms with van der Waals surface area (Å²) in [6, 6.07) is 7.38. The Morgan fingerprint density at radius 1 is 1.04 bits per heavy atom. The fraction of sp³-hybridized carbons (Fsp3) is 0.524. The molecule has 0 bridgehead atoms. The molecule has 27 heavy (non-hydrogen) atoms. The lowest BCUT2D eigenvalue weighted by Crippen LogP contribution is -2.40. The average molecular weight is 370 g/mol. The van der Waals surface area contributed by atoms with Crippen molar-refractivity contribution in [3.63, 3.8) is 0 Å². The Morgan fingerprint density at radius 3 is 2.41 bits per heavy atom. The van der Waals surface area contributed by atoms with Crippen LogP contribution in [0, 0.1) is 0 Å². The van der Waals surface area contributed by atoms with Crippen molar-refractivity contribution in [2.75, 3.05) is 33.4 Å². The van der Waals surface area contributed by atoms with Crippen LogP contribution in [0.25, 0.3) is 5.57 Å². The molecule has 0 spiro atoms. The highest BCUT2D eigenvalue weighted by molar-refractivity contribution is 6.35. The fourth-order valence-electron chi connectivity index (χ4n) is 4.15. The van der Waals surface area contributed by atoms with Crippen molar-refractivity contribution in [3.05, 3.63) is 35.5 Å². The summed E-state index contributed by atoms with van der Waals surface area (Å²) in [6.45, 7) is 2.69. The van der Waals surface area contributed by atoms with Gasteiger partial charge in [0.1, 0.15) is 11.4 Å². The number of imide groups is 1. The van der Waals surface area contributed by atoms with Crippen LogP contribution in [0.15, 0.2) is 30.0 Å². The van der Waals surface area contributed by atoms with E-state index < -0.39 is 0 Å². The van der Waals surface area contributed by atoms with Crippen molar-refractivity contribution < 1.29 is 19.1 Å². The lowest BCUT2D eigenvalue weighted by molar-refractivity contribution is -0.139. The van der Waals surface area contributed by atoms with Gasteiger partial charge >= 0.3 is 0 Å². The molecule has 2 saturated heterocycles. The predicted molar refractivity (Wildman–Crippen MR) is 101 cm³/mol. The Kier molecular flexibility index (Phi) is 5.16. The molecule has 0 radical (unpaired) electrons. The minimum atomic E-state index is -0.207. The van der Waals surface area contributed by atoms with E-state index in [0.29, 0.717) is 24.4 Å². The third-order valence-corrected chi connectivity index (χ3v) is 5.60. The number of amides is 2. The normalized spacial score (nSPS) is 23.5. The summed E-state index contributed by atoms with van der Waals surface area (Å²) < 4.78 is 10.9. The van der Waals surface area contributed by atoms with Gasteiger partial charge in [0.2, 0.25) is 0 Å². The third kappa shape index (κ3) is 3.46. The number of carbonyl (C=O) groups is 2. The zero-order valence-electron chi connectivity index (χ0n) is 15.8. The van der Waals surface area contributed by atoms with Gasteiger partial charge in [-0.2, -0.15) is 0 Å². The summed E-state index contributed by atoms with van der Waals surface area (Å²) >= 11 is 0. The molecule has 0 aliphatic carbocycles. The minimum Gasteiger partial charge on any atom is -0.497 e. The minimum absolute atomic E-state index is 0.0456. The molecule has 6 heteroatoms. The quantitative estimate of drug-likeness (QED) is 0.745. The number of nitrogens with zero attached hydrogens (tertiary/aromatic N) is 2. The molecule has 1 atom stereocenters. The maximum atomic E-state index is 13.2. The lowest BCUT2D eigenvalue weighted by Gasteiger charge is -2.30. The van der Waals surface area contributed by atoms with E-state index in [1.165, 1.54) is 11.3 Å². The maximum absolute atomic E-state index is 13.2. The van der Waals surface area contributed by atoms with Crippen LogP contribution in [0.3, 0.4) is 0 Å². The van der Waals surface area contributed by atoms with Crippen molar-refractivity contribution in [1.29, 1.82) is 0 Å². The number of methoxy groups -OCH3 is 1. The molecular formula is C21H26N2O4. The van der Waals surface area contributed by atoms with Gasteiger partial charge in [0, 0.05) is 19.7 Å². The molecule has 1 unspecified atom stereocenters. The standard InChI is InChI=1S/C21H26N2O4/c1-26-16-9-7-15(8-10-16)18-19(22-11-3-2-4-12-22)21(25)23(20(18)24)14-17-6-5-13-27-17/h7-10,17H,2-6,11-14H2,1H3. The topological polar surface area (TPSA) is 59.1 Å². The van der Waals surface area contributed by atoms with E-state index in [1.807, 2.05) is 24.3 Å². The van der Waals surface area contributed by atoms with Gasteiger partial charge in [0.15, 0.2) is 0 Å². The number of carbonyl (C=O) groups excluding carboxylic acids is 2. The summed E-state index contributed by atoms with van der Waals surface area (Å²) in [6.07, 6.45) is 5.10. The number of rotatable bonds is 5. The summed E-state index contributed by atoms with van der Waals surface area (Å²) in [5.74, 6) is 0.344. The highest BCUT2D eigenvalue weighted by Crippen LogP contribution is 2.34. The molecule has 1 aromatic rings. The highest BCUT2D eigenvalue weighted by Gasteiger charge is 2.42. The van der Waals surface area contributed by atoms with Crippen molar-refractivity contribution in [1.82, 2.24) is 9.80 Å². The SMILES string of the molecule is COc1ccc(C2=C(N3CCCCC3)C(=O)N(CC3CCCO3)C2=O)cc1. The first-order valence-corrected chi connectivity index (χ1v) is 9.80. The third-order valence-electron chi connectivity index (χ3n) is 5.60. The lowest BCUT2D eigenvalue weighted by atomic mass is 10.0. The zero-order valence-corrected chi connectivity index (χ0v) is 15.8. The van der Waals surface area contributed by atoms with Crippen LogP contribution in [0.4, 0.5) is 0 Å². The zero-order chi connectivity index (χ0) is 18.8. The Bertz CT molecular complexity index is 744. The fourth-order valence-corrected chi connectivity index (χ4v) is 4.15. The molecule has 3 aliphatic heterocycles. The van der Waals surface area contributed by atoms with E-state index in [-0.39, 0.29) is 17.9 Å². The average Bonchev–Trinajstić information content (AvgIpc) is 3.31. The van der Waals surface area contributed by atoms with Gasteiger partial charge in [-0.1, -0.05) is 12.1 Å². The van der Waals surface area contributed by atoms with E-state index in [2.05, 4.69) is 4.90 Å². The van der Waals surface area contributed by atoms with E-state index >= 15 is 0 Å².